The molecule has 0 saturated carbocycles. The van der Waals surface area contributed by atoms with Gasteiger partial charge in [-0.05, 0) is 49.6 Å². The Morgan fingerprint density at radius 3 is 2.50 bits per heavy atom. The highest BCUT2D eigenvalue weighted by Crippen LogP contribution is 2.52. The zero-order valence-corrected chi connectivity index (χ0v) is 16.4. The Morgan fingerprint density at radius 2 is 1.71 bits per heavy atom. The van der Waals surface area contributed by atoms with Gasteiger partial charge in [0.05, 0.1) is 12.1 Å². The van der Waals surface area contributed by atoms with Crippen molar-refractivity contribution in [3.63, 3.8) is 0 Å². The highest BCUT2D eigenvalue weighted by Gasteiger charge is 2.56. The van der Waals surface area contributed by atoms with Crippen molar-refractivity contribution in [2.45, 2.75) is 32.4 Å². The van der Waals surface area contributed by atoms with Gasteiger partial charge < -0.3 is 4.74 Å². The molecule has 1 saturated heterocycles. The van der Waals surface area contributed by atoms with Gasteiger partial charge in [-0.1, -0.05) is 70.9 Å². The molecule has 2 heterocycles. The molecule has 3 aromatic carbocycles. The first-order valence-electron chi connectivity index (χ1n) is 9.67. The molecule has 0 radical (unpaired) electrons. The Kier molecular flexibility index (Phi) is 3.84. The van der Waals surface area contributed by atoms with E-state index in [9.17, 15) is 0 Å². The number of hydrogen-bond donors (Lipinski definition) is 0. The lowest BCUT2D eigenvalue weighted by Gasteiger charge is -2.27. The van der Waals surface area contributed by atoms with Crippen LogP contribution in [0.5, 0.6) is 0 Å². The summed E-state index contributed by atoms with van der Waals surface area (Å²) in [6, 6.07) is 23.3. The van der Waals surface area contributed by atoms with E-state index in [0.29, 0.717) is 6.61 Å². The Morgan fingerprint density at radius 1 is 0.929 bits per heavy atom. The summed E-state index contributed by atoms with van der Waals surface area (Å²) < 4.78 is 8.30. The molecule has 28 heavy (non-hydrogen) atoms. The lowest BCUT2D eigenvalue weighted by atomic mass is 9.84. The van der Waals surface area contributed by atoms with Gasteiger partial charge in [0.1, 0.15) is 17.2 Å². The van der Waals surface area contributed by atoms with Gasteiger partial charge in [0, 0.05) is 0 Å². The molecule has 5 rings (SSSR count). The monoisotopic (exact) mass is 369 g/mol. The minimum Gasteiger partial charge on any atom is -0.362 e. The molecule has 1 aliphatic rings. The fraction of sp³-hybridized carbons (Fsp3) is 0.250. The van der Waals surface area contributed by atoms with Gasteiger partial charge in [0.15, 0.2) is 0 Å². The predicted octanol–water partition coefficient (Wildman–Crippen LogP) is 4.87. The topological polar surface area (TPSA) is 43.2 Å². The standard InChI is InChI=1S/C24H23N3O/c1-16-7-6-8-19(13-16)23(27-22-10-5-4-9-21(22)25-26-27)24(15-28-24)20-14-17(2)11-12-18(20)3/h4-14,23H,15H2,1-3H3/t23-,24+/m0/s1. The molecule has 4 aromatic rings. The summed E-state index contributed by atoms with van der Waals surface area (Å²) in [6.45, 7) is 7.08. The average molecular weight is 369 g/mol. The van der Waals surface area contributed by atoms with Crippen LogP contribution in [0.1, 0.15) is 33.9 Å². The number of nitrogens with zero attached hydrogens (tertiary/aromatic N) is 3. The lowest BCUT2D eigenvalue weighted by Crippen LogP contribution is -2.29. The van der Waals surface area contributed by atoms with Gasteiger partial charge in [-0.15, -0.1) is 5.10 Å². The number of ether oxygens (including phenoxy) is 1. The van der Waals surface area contributed by atoms with Crippen LogP contribution in [0.4, 0.5) is 0 Å². The van der Waals surface area contributed by atoms with Crippen molar-refractivity contribution >= 4 is 11.0 Å². The maximum Gasteiger partial charge on any atom is 0.143 e. The van der Waals surface area contributed by atoms with Crippen LogP contribution < -0.4 is 0 Å². The molecule has 2 atom stereocenters. The highest BCUT2D eigenvalue weighted by molar-refractivity contribution is 5.74. The molecule has 0 bridgehead atoms. The van der Waals surface area contributed by atoms with Crippen LogP contribution >= 0.6 is 0 Å². The zero-order valence-electron chi connectivity index (χ0n) is 16.4. The van der Waals surface area contributed by atoms with Gasteiger partial charge in [-0.3, -0.25) is 0 Å². The van der Waals surface area contributed by atoms with E-state index in [1.165, 1.54) is 27.8 Å². The number of para-hydroxylation sites is 1. The van der Waals surface area contributed by atoms with E-state index in [0.717, 1.165) is 11.0 Å². The average Bonchev–Trinajstić information content (AvgIpc) is 3.38. The number of hydrogen-bond acceptors (Lipinski definition) is 3. The zero-order chi connectivity index (χ0) is 19.3. The minimum atomic E-state index is -0.430. The molecule has 4 heteroatoms. The van der Waals surface area contributed by atoms with Crippen LogP contribution in [-0.4, -0.2) is 21.6 Å². The maximum atomic E-state index is 6.26. The third kappa shape index (κ3) is 2.64. The minimum absolute atomic E-state index is 0.0831. The van der Waals surface area contributed by atoms with E-state index in [4.69, 9.17) is 4.74 Å². The van der Waals surface area contributed by atoms with Crippen molar-refractivity contribution in [2.75, 3.05) is 6.61 Å². The van der Waals surface area contributed by atoms with E-state index in [1.54, 1.807) is 0 Å². The first-order chi connectivity index (χ1) is 13.6. The van der Waals surface area contributed by atoms with Gasteiger partial charge in [-0.25, -0.2) is 4.68 Å². The highest BCUT2D eigenvalue weighted by atomic mass is 16.6. The second-order valence-corrected chi connectivity index (χ2v) is 7.84. The summed E-state index contributed by atoms with van der Waals surface area (Å²) in [6.07, 6.45) is 0. The Hall–Kier alpha value is -2.98. The van der Waals surface area contributed by atoms with E-state index in [2.05, 4.69) is 79.6 Å². The number of aromatic nitrogens is 3. The summed E-state index contributed by atoms with van der Waals surface area (Å²) in [4.78, 5) is 0. The van der Waals surface area contributed by atoms with Gasteiger partial charge in [0.2, 0.25) is 0 Å². The van der Waals surface area contributed by atoms with Crippen LogP contribution in [0.15, 0.2) is 66.7 Å². The normalized spacial score (nSPS) is 19.7. The molecule has 140 valence electrons. The van der Waals surface area contributed by atoms with Crippen molar-refractivity contribution in [3.05, 3.63) is 94.5 Å². The fourth-order valence-electron chi connectivity index (χ4n) is 4.26. The SMILES string of the molecule is Cc1cccc([C@H](n2nnc3ccccc32)[C@]2(c3cc(C)ccc3C)CO2)c1. The predicted molar refractivity (Wildman–Crippen MR) is 110 cm³/mol. The fourth-order valence-corrected chi connectivity index (χ4v) is 4.26. The third-order valence-electron chi connectivity index (χ3n) is 5.73. The molecule has 0 spiro atoms. The van der Waals surface area contributed by atoms with Crippen molar-refractivity contribution < 1.29 is 4.74 Å². The molecule has 1 fully saturated rings. The van der Waals surface area contributed by atoms with E-state index >= 15 is 0 Å². The number of rotatable bonds is 4. The van der Waals surface area contributed by atoms with Crippen molar-refractivity contribution in [2.24, 2.45) is 0 Å². The van der Waals surface area contributed by atoms with E-state index in [-0.39, 0.29) is 6.04 Å². The number of fused-ring (bicyclic) bond motifs is 1. The van der Waals surface area contributed by atoms with Crippen LogP contribution in [0, 0.1) is 20.8 Å². The third-order valence-corrected chi connectivity index (χ3v) is 5.73. The molecule has 0 unspecified atom stereocenters. The molecule has 0 N–H and O–H groups in total. The Labute approximate surface area is 164 Å². The molecule has 0 aliphatic carbocycles. The Bertz CT molecular complexity index is 1170. The number of aryl methyl sites for hydroxylation is 3. The second-order valence-electron chi connectivity index (χ2n) is 7.84. The second kappa shape index (κ2) is 6.28. The molecule has 0 amide bonds. The first kappa shape index (κ1) is 17.1. The summed E-state index contributed by atoms with van der Waals surface area (Å²) in [7, 11) is 0. The summed E-state index contributed by atoms with van der Waals surface area (Å²) >= 11 is 0. The quantitative estimate of drug-likeness (QED) is 0.482. The van der Waals surface area contributed by atoms with Gasteiger partial charge >= 0.3 is 0 Å². The van der Waals surface area contributed by atoms with Crippen LogP contribution in [-0.2, 0) is 10.3 Å². The van der Waals surface area contributed by atoms with E-state index in [1.807, 2.05) is 22.9 Å². The van der Waals surface area contributed by atoms with Crippen molar-refractivity contribution in [1.82, 2.24) is 15.0 Å². The number of benzene rings is 3. The smallest absolute Gasteiger partial charge is 0.143 e. The molecular weight excluding hydrogens is 346 g/mol. The summed E-state index contributed by atoms with van der Waals surface area (Å²) in [5.74, 6) is 0. The molecule has 1 aromatic heterocycles. The van der Waals surface area contributed by atoms with Gasteiger partial charge in [0.25, 0.3) is 0 Å². The van der Waals surface area contributed by atoms with Crippen LogP contribution in [0.25, 0.3) is 11.0 Å². The summed E-state index contributed by atoms with van der Waals surface area (Å²) in [5, 5.41) is 8.99. The largest absolute Gasteiger partial charge is 0.362 e. The van der Waals surface area contributed by atoms with E-state index < -0.39 is 5.60 Å². The van der Waals surface area contributed by atoms with Crippen LogP contribution in [0.3, 0.4) is 0 Å². The Balaban J connectivity index is 1.77. The molecule has 4 nitrogen and oxygen atoms in total. The molecule has 1 aliphatic heterocycles. The van der Waals surface area contributed by atoms with Crippen LogP contribution in [0.2, 0.25) is 0 Å². The molecular formula is C24H23N3O. The van der Waals surface area contributed by atoms with Crippen molar-refractivity contribution in [3.8, 4) is 0 Å². The van der Waals surface area contributed by atoms with Crippen molar-refractivity contribution in [1.29, 1.82) is 0 Å². The first-order valence-corrected chi connectivity index (χ1v) is 9.67. The lowest BCUT2D eigenvalue weighted by molar-refractivity contribution is 0.234. The summed E-state index contributed by atoms with van der Waals surface area (Å²) in [5.41, 5.74) is 7.62. The van der Waals surface area contributed by atoms with Gasteiger partial charge in [-0.2, -0.15) is 0 Å². The maximum absolute atomic E-state index is 6.26. The number of epoxide rings is 1.